The van der Waals surface area contributed by atoms with E-state index in [1.54, 1.807) is 0 Å². The number of amides is 1. The third-order valence-electron chi connectivity index (χ3n) is 3.18. The highest BCUT2D eigenvalue weighted by molar-refractivity contribution is 5.85. The van der Waals surface area contributed by atoms with Crippen molar-refractivity contribution in [2.24, 2.45) is 11.7 Å². The van der Waals surface area contributed by atoms with Gasteiger partial charge in [-0.2, -0.15) is 0 Å². The van der Waals surface area contributed by atoms with Gasteiger partial charge in [-0.3, -0.25) is 4.79 Å². The summed E-state index contributed by atoms with van der Waals surface area (Å²) in [5.41, 5.74) is 5.86. The van der Waals surface area contributed by atoms with Gasteiger partial charge in [0.25, 0.3) is 0 Å². The van der Waals surface area contributed by atoms with Gasteiger partial charge in [-0.05, 0) is 39.5 Å². The molecule has 5 heteroatoms. The molecule has 0 aromatic rings. The minimum absolute atomic E-state index is 0. The van der Waals surface area contributed by atoms with Crippen LogP contribution in [0, 0.1) is 5.92 Å². The lowest BCUT2D eigenvalue weighted by molar-refractivity contribution is -0.139. The number of rotatable bonds is 4. The highest BCUT2D eigenvalue weighted by Crippen LogP contribution is 2.19. The number of halogens is 1. The molecule has 17 heavy (non-hydrogen) atoms. The van der Waals surface area contributed by atoms with Gasteiger partial charge in [0.2, 0.25) is 5.91 Å². The van der Waals surface area contributed by atoms with Crippen LogP contribution in [0.5, 0.6) is 0 Å². The van der Waals surface area contributed by atoms with Gasteiger partial charge >= 0.3 is 0 Å². The Balaban J connectivity index is 0.00000256. The fourth-order valence-corrected chi connectivity index (χ4v) is 2.00. The second kappa shape index (κ2) is 7.90. The zero-order chi connectivity index (χ0) is 12.1. The second-order valence-corrected chi connectivity index (χ2v) is 4.94. The first kappa shape index (κ1) is 16.7. The molecule has 1 amide bonds. The molecule has 1 atom stereocenters. The van der Waals surface area contributed by atoms with Crippen molar-refractivity contribution in [3.05, 3.63) is 0 Å². The van der Waals surface area contributed by atoms with E-state index < -0.39 is 0 Å². The normalized spacial score (nSPS) is 19.0. The van der Waals surface area contributed by atoms with Crippen molar-refractivity contribution >= 4 is 18.3 Å². The summed E-state index contributed by atoms with van der Waals surface area (Å²) >= 11 is 0. The third-order valence-corrected chi connectivity index (χ3v) is 3.18. The summed E-state index contributed by atoms with van der Waals surface area (Å²) in [4.78, 5) is 13.6. The Morgan fingerprint density at radius 1 is 1.35 bits per heavy atom. The van der Waals surface area contributed by atoms with E-state index in [9.17, 15) is 4.79 Å². The first-order valence-electron chi connectivity index (χ1n) is 6.15. The maximum absolute atomic E-state index is 11.7. The fourth-order valence-electron chi connectivity index (χ4n) is 2.00. The van der Waals surface area contributed by atoms with E-state index in [1.165, 1.54) is 0 Å². The van der Waals surface area contributed by atoms with Crippen molar-refractivity contribution in [1.29, 1.82) is 0 Å². The Morgan fingerprint density at radius 3 is 2.29 bits per heavy atom. The Morgan fingerprint density at radius 2 is 1.88 bits per heavy atom. The smallest absolute Gasteiger partial charge is 0.248 e. The van der Waals surface area contributed by atoms with Gasteiger partial charge in [0.15, 0.2) is 0 Å². The van der Waals surface area contributed by atoms with Gasteiger partial charge < -0.3 is 15.4 Å². The van der Waals surface area contributed by atoms with Crippen molar-refractivity contribution in [3.8, 4) is 0 Å². The minimum atomic E-state index is 0. The summed E-state index contributed by atoms with van der Waals surface area (Å²) in [5.74, 6) is 0.673. The zero-order valence-corrected chi connectivity index (χ0v) is 11.8. The van der Waals surface area contributed by atoms with E-state index >= 15 is 0 Å². The van der Waals surface area contributed by atoms with E-state index in [-0.39, 0.29) is 37.1 Å². The van der Waals surface area contributed by atoms with Crippen molar-refractivity contribution in [1.82, 2.24) is 4.90 Å². The van der Waals surface area contributed by atoms with Gasteiger partial charge in [0, 0.05) is 19.1 Å². The second-order valence-electron chi connectivity index (χ2n) is 4.94. The maximum atomic E-state index is 11.7. The molecule has 1 aliphatic rings. The number of carbonyl (C=O) groups is 1. The Kier molecular flexibility index (Phi) is 7.75. The largest absolute Gasteiger partial charge is 0.369 e. The molecule has 0 spiro atoms. The van der Waals surface area contributed by atoms with E-state index in [0.29, 0.717) is 5.92 Å². The predicted octanol–water partition coefficient (Wildman–Crippen LogP) is 1.42. The van der Waals surface area contributed by atoms with E-state index in [1.807, 2.05) is 25.7 Å². The predicted molar refractivity (Wildman–Crippen MR) is 71.3 cm³/mol. The van der Waals surface area contributed by atoms with Crippen molar-refractivity contribution in [3.63, 3.8) is 0 Å². The summed E-state index contributed by atoms with van der Waals surface area (Å²) in [6, 6.07) is 0.240. The summed E-state index contributed by atoms with van der Waals surface area (Å²) in [6.07, 6.45) is 2.15. The molecule has 0 bridgehead atoms. The van der Waals surface area contributed by atoms with Crippen LogP contribution < -0.4 is 5.73 Å². The van der Waals surface area contributed by atoms with Crippen LogP contribution in [-0.4, -0.2) is 42.6 Å². The SMILES string of the molecule is CC(C)OCC(=O)N1CCC(C(C)N)CC1.Cl. The molecule has 1 unspecified atom stereocenters. The highest BCUT2D eigenvalue weighted by atomic mass is 35.5. The van der Waals surface area contributed by atoms with Crippen molar-refractivity contribution < 1.29 is 9.53 Å². The fraction of sp³-hybridized carbons (Fsp3) is 0.917. The van der Waals surface area contributed by atoms with Crippen LogP contribution in [0.2, 0.25) is 0 Å². The first-order valence-corrected chi connectivity index (χ1v) is 6.15. The molecular formula is C12H25ClN2O2. The van der Waals surface area contributed by atoms with E-state index in [0.717, 1.165) is 25.9 Å². The van der Waals surface area contributed by atoms with Gasteiger partial charge in [-0.1, -0.05) is 0 Å². The third kappa shape index (κ3) is 5.70. The molecule has 0 aromatic carbocycles. The van der Waals surface area contributed by atoms with Gasteiger partial charge in [0.05, 0.1) is 6.10 Å². The number of likely N-dealkylation sites (tertiary alicyclic amines) is 1. The lowest BCUT2D eigenvalue weighted by atomic mass is 9.91. The van der Waals surface area contributed by atoms with Crippen LogP contribution in [-0.2, 0) is 9.53 Å². The van der Waals surface area contributed by atoms with E-state index in [2.05, 4.69) is 0 Å². The molecule has 4 nitrogen and oxygen atoms in total. The maximum Gasteiger partial charge on any atom is 0.248 e. The highest BCUT2D eigenvalue weighted by Gasteiger charge is 2.24. The number of piperidine rings is 1. The summed E-state index contributed by atoms with van der Waals surface area (Å²) in [6.45, 7) is 7.79. The average molecular weight is 265 g/mol. The number of nitrogens with two attached hydrogens (primary N) is 1. The summed E-state index contributed by atoms with van der Waals surface area (Å²) < 4.78 is 5.32. The van der Waals surface area contributed by atoms with Crippen molar-refractivity contribution in [2.75, 3.05) is 19.7 Å². The van der Waals surface area contributed by atoms with Gasteiger partial charge in [0.1, 0.15) is 6.61 Å². The van der Waals surface area contributed by atoms with Crippen LogP contribution in [0.4, 0.5) is 0 Å². The van der Waals surface area contributed by atoms with Gasteiger partial charge in [-0.15, -0.1) is 12.4 Å². The van der Waals surface area contributed by atoms with E-state index in [4.69, 9.17) is 10.5 Å². The molecule has 1 aliphatic heterocycles. The lowest BCUT2D eigenvalue weighted by Gasteiger charge is -2.33. The first-order chi connectivity index (χ1) is 7.50. The molecule has 1 fully saturated rings. The number of hydrogen-bond donors (Lipinski definition) is 1. The summed E-state index contributed by atoms with van der Waals surface area (Å²) in [5, 5.41) is 0. The Bertz CT molecular complexity index is 227. The Labute approximate surface area is 110 Å². The monoisotopic (exact) mass is 264 g/mol. The molecule has 102 valence electrons. The zero-order valence-electron chi connectivity index (χ0n) is 11.0. The Hall–Kier alpha value is -0.320. The number of hydrogen-bond acceptors (Lipinski definition) is 3. The summed E-state index contributed by atoms with van der Waals surface area (Å²) in [7, 11) is 0. The number of ether oxygens (including phenoxy) is 1. The quantitative estimate of drug-likeness (QED) is 0.836. The molecule has 0 aliphatic carbocycles. The van der Waals surface area contributed by atoms with Crippen LogP contribution in [0.25, 0.3) is 0 Å². The van der Waals surface area contributed by atoms with Crippen LogP contribution in [0.15, 0.2) is 0 Å². The van der Waals surface area contributed by atoms with Crippen LogP contribution in [0.3, 0.4) is 0 Å². The van der Waals surface area contributed by atoms with Crippen LogP contribution >= 0.6 is 12.4 Å². The van der Waals surface area contributed by atoms with Crippen LogP contribution in [0.1, 0.15) is 33.6 Å². The average Bonchev–Trinajstić information content (AvgIpc) is 2.26. The molecule has 1 rings (SSSR count). The number of nitrogens with zero attached hydrogens (tertiary/aromatic N) is 1. The topological polar surface area (TPSA) is 55.6 Å². The molecule has 2 N–H and O–H groups in total. The van der Waals surface area contributed by atoms with Gasteiger partial charge in [-0.25, -0.2) is 0 Å². The molecule has 0 saturated carbocycles. The molecule has 1 heterocycles. The molecule has 0 radical (unpaired) electrons. The standard InChI is InChI=1S/C12H24N2O2.ClH/c1-9(2)16-8-12(15)14-6-4-11(5-7-14)10(3)13;/h9-11H,4-8,13H2,1-3H3;1H. The number of carbonyl (C=O) groups excluding carboxylic acids is 1. The minimum Gasteiger partial charge on any atom is -0.369 e. The lowest BCUT2D eigenvalue weighted by Crippen LogP contribution is -2.44. The molecule has 0 aromatic heterocycles. The molecular weight excluding hydrogens is 240 g/mol. The van der Waals surface area contributed by atoms with Crippen molar-refractivity contribution in [2.45, 2.75) is 45.8 Å². The molecule has 1 saturated heterocycles.